The highest BCUT2D eigenvalue weighted by molar-refractivity contribution is 6.08. The number of hydrogen-bond acceptors (Lipinski definition) is 3. The minimum atomic E-state index is -0.0522. The molecule has 0 unspecified atom stereocenters. The van der Waals surface area contributed by atoms with E-state index in [9.17, 15) is 4.79 Å². The first-order valence-electron chi connectivity index (χ1n) is 4.40. The van der Waals surface area contributed by atoms with Gasteiger partial charge in [-0.05, 0) is 12.1 Å². The number of benzene rings is 1. The number of fused-ring (bicyclic) bond motifs is 1. The predicted octanol–water partition coefficient (Wildman–Crippen LogP) is 1.38. The van der Waals surface area contributed by atoms with E-state index >= 15 is 0 Å². The second-order valence-electron chi connectivity index (χ2n) is 3.00. The molecule has 0 radical (unpaired) electrons. The maximum atomic E-state index is 11.5. The molecule has 2 aromatic rings. The Morgan fingerprint density at radius 3 is 2.93 bits per heavy atom. The van der Waals surface area contributed by atoms with Crippen LogP contribution in [0.3, 0.4) is 0 Å². The van der Waals surface area contributed by atoms with Crippen LogP contribution in [0.1, 0.15) is 10.4 Å². The van der Waals surface area contributed by atoms with Crippen molar-refractivity contribution in [3.8, 4) is 0 Å². The van der Waals surface area contributed by atoms with Crippen LogP contribution in [0.2, 0.25) is 0 Å². The molecule has 3 nitrogen and oxygen atoms in total. The van der Waals surface area contributed by atoms with Crippen molar-refractivity contribution in [2.45, 2.75) is 0 Å². The minimum absolute atomic E-state index is 0.0357. The Labute approximate surface area is 81.6 Å². The summed E-state index contributed by atoms with van der Waals surface area (Å²) in [7, 11) is 0. The molecule has 1 heterocycles. The fourth-order valence-electron chi connectivity index (χ4n) is 1.46. The molecule has 2 rings (SSSR count). The van der Waals surface area contributed by atoms with Crippen molar-refractivity contribution in [2.75, 3.05) is 6.54 Å². The summed E-state index contributed by atoms with van der Waals surface area (Å²) in [6.45, 7) is 0.0357. The van der Waals surface area contributed by atoms with Crippen LogP contribution in [0.25, 0.3) is 10.9 Å². The second kappa shape index (κ2) is 3.55. The number of carbonyl (C=O) groups excluding carboxylic acids is 1. The fourth-order valence-corrected chi connectivity index (χ4v) is 1.46. The summed E-state index contributed by atoms with van der Waals surface area (Å²) >= 11 is 0. The normalized spacial score (nSPS) is 10.4. The Kier molecular flexibility index (Phi) is 2.24. The molecule has 0 aliphatic carbocycles. The summed E-state index contributed by atoms with van der Waals surface area (Å²) in [6.07, 6.45) is 1.71. The van der Waals surface area contributed by atoms with Crippen molar-refractivity contribution in [1.82, 2.24) is 4.98 Å². The van der Waals surface area contributed by atoms with Gasteiger partial charge in [-0.3, -0.25) is 9.78 Å². The highest BCUT2D eigenvalue weighted by Gasteiger charge is 2.07. The van der Waals surface area contributed by atoms with Crippen LogP contribution < -0.4 is 5.73 Å². The van der Waals surface area contributed by atoms with E-state index in [1.165, 1.54) is 0 Å². The van der Waals surface area contributed by atoms with Crippen molar-refractivity contribution in [1.29, 1.82) is 0 Å². The Morgan fingerprint density at radius 1 is 1.29 bits per heavy atom. The van der Waals surface area contributed by atoms with Crippen LogP contribution in [-0.2, 0) is 0 Å². The first-order valence-corrected chi connectivity index (χ1v) is 4.40. The van der Waals surface area contributed by atoms with E-state index in [1.54, 1.807) is 12.3 Å². The molecular formula is C11H10N2O. The van der Waals surface area contributed by atoms with E-state index < -0.39 is 0 Å². The maximum absolute atomic E-state index is 11.5. The van der Waals surface area contributed by atoms with Gasteiger partial charge in [0.15, 0.2) is 5.78 Å². The predicted molar refractivity (Wildman–Crippen MR) is 55.1 cm³/mol. The summed E-state index contributed by atoms with van der Waals surface area (Å²) in [4.78, 5) is 15.6. The van der Waals surface area contributed by atoms with Gasteiger partial charge in [-0.1, -0.05) is 18.2 Å². The molecule has 0 bridgehead atoms. The topological polar surface area (TPSA) is 56.0 Å². The number of aromatic nitrogens is 1. The molecule has 1 aromatic heterocycles. The zero-order chi connectivity index (χ0) is 9.97. The number of nitrogens with two attached hydrogens (primary N) is 1. The third kappa shape index (κ3) is 1.38. The highest BCUT2D eigenvalue weighted by atomic mass is 16.1. The quantitative estimate of drug-likeness (QED) is 0.721. The van der Waals surface area contributed by atoms with Gasteiger partial charge in [0.25, 0.3) is 0 Å². The van der Waals surface area contributed by atoms with E-state index in [0.717, 1.165) is 10.9 Å². The Hall–Kier alpha value is -1.74. The zero-order valence-corrected chi connectivity index (χ0v) is 7.60. The number of carbonyl (C=O) groups is 1. The average Bonchev–Trinajstić information content (AvgIpc) is 2.27. The molecule has 2 N–H and O–H groups in total. The number of hydrogen-bond donors (Lipinski definition) is 1. The molecule has 0 atom stereocenters. The zero-order valence-electron chi connectivity index (χ0n) is 7.60. The molecule has 0 aliphatic heterocycles. The molecule has 0 saturated heterocycles. The van der Waals surface area contributed by atoms with E-state index in [-0.39, 0.29) is 12.3 Å². The Bertz CT molecular complexity index is 474. The smallest absolute Gasteiger partial charge is 0.177 e. The molecule has 1 aromatic carbocycles. The molecule has 70 valence electrons. The molecular weight excluding hydrogens is 176 g/mol. The number of pyridine rings is 1. The van der Waals surface area contributed by atoms with Gasteiger partial charge in [-0.25, -0.2) is 0 Å². The van der Waals surface area contributed by atoms with Crippen LogP contribution in [-0.4, -0.2) is 17.3 Å². The van der Waals surface area contributed by atoms with Crippen LogP contribution in [0.15, 0.2) is 36.5 Å². The van der Waals surface area contributed by atoms with Crippen molar-refractivity contribution in [3.63, 3.8) is 0 Å². The third-order valence-electron chi connectivity index (χ3n) is 2.13. The molecule has 3 heteroatoms. The lowest BCUT2D eigenvalue weighted by Crippen LogP contribution is -2.13. The largest absolute Gasteiger partial charge is 0.324 e. The molecule has 0 fully saturated rings. The van der Waals surface area contributed by atoms with Crippen LogP contribution in [0.4, 0.5) is 0 Å². The molecule has 0 saturated carbocycles. The summed E-state index contributed by atoms with van der Waals surface area (Å²) in [5.41, 5.74) is 6.80. The lowest BCUT2D eigenvalue weighted by molar-refractivity contribution is 0.100. The highest BCUT2D eigenvalue weighted by Crippen LogP contribution is 2.16. The van der Waals surface area contributed by atoms with Gasteiger partial charge >= 0.3 is 0 Å². The molecule has 0 aliphatic rings. The second-order valence-corrected chi connectivity index (χ2v) is 3.00. The Balaban J connectivity index is 2.71. The first-order chi connectivity index (χ1) is 6.83. The molecule has 14 heavy (non-hydrogen) atoms. The fraction of sp³-hybridized carbons (Fsp3) is 0.0909. The van der Waals surface area contributed by atoms with Crippen molar-refractivity contribution in [2.24, 2.45) is 5.73 Å². The maximum Gasteiger partial charge on any atom is 0.177 e. The van der Waals surface area contributed by atoms with E-state index in [0.29, 0.717) is 5.56 Å². The third-order valence-corrected chi connectivity index (χ3v) is 2.13. The number of rotatable bonds is 2. The SMILES string of the molecule is NCC(=O)c1cccc2ncccc12. The standard InChI is InChI=1S/C11H10N2O/c12-7-11(14)9-3-1-5-10-8(9)4-2-6-13-10/h1-6H,7,12H2. The number of Topliss-reactive ketones (excluding diaryl/α,β-unsaturated/α-hetero) is 1. The lowest BCUT2D eigenvalue weighted by atomic mass is 10.0. The van der Waals surface area contributed by atoms with Crippen molar-refractivity contribution >= 4 is 16.7 Å². The Morgan fingerprint density at radius 2 is 2.14 bits per heavy atom. The summed E-state index contributed by atoms with van der Waals surface area (Å²) < 4.78 is 0. The van der Waals surface area contributed by atoms with E-state index in [2.05, 4.69) is 4.98 Å². The van der Waals surface area contributed by atoms with E-state index in [4.69, 9.17) is 5.73 Å². The molecule has 0 amide bonds. The van der Waals surface area contributed by atoms with Gasteiger partial charge in [0.2, 0.25) is 0 Å². The number of ketones is 1. The van der Waals surface area contributed by atoms with Gasteiger partial charge in [0, 0.05) is 17.1 Å². The number of nitrogens with zero attached hydrogens (tertiary/aromatic N) is 1. The average molecular weight is 186 g/mol. The van der Waals surface area contributed by atoms with Crippen LogP contribution in [0, 0.1) is 0 Å². The van der Waals surface area contributed by atoms with Crippen LogP contribution in [0.5, 0.6) is 0 Å². The van der Waals surface area contributed by atoms with Gasteiger partial charge in [0.1, 0.15) is 0 Å². The first kappa shape index (κ1) is 8.84. The lowest BCUT2D eigenvalue weighted by Gasteiger charge is -2.02. The molecule has 0 spiro atoms. The van der Waals surface area contributed by atoms with Gasteiger partial charge in [-0.15, -0.1) is 0 Å². The van der Waals surface area contributed by atoms with E-state index in [1.807, 2.05) is 24.3 Å². The summed E-state index contributed by atoms with van der Waals surface area (Å²) in [5.74, 6) is -0.0522. The summed E-state index contributed by atoms with van der Waals surface area (Å²) in [5, 5.41) is 0.866. The van der Waals surface area contributed by atoms with Crippen molar-refractivity contribution in [3.05, 3.63) is 42.1 Å². The van der Waals surface area contributed by atoms with Gasteiger partial charge in [-0.2, -0.15) is 0 Å². The van der Waals surface area contributed by atoms with Gasteiger partial charge in [0.05, 0.1) is 12.1 Å². The minimum Gasteiger partial charge on any atom is -0.324 e. The summed E-state index contributed by atoms with van der Waals surface area (Å²) in [6, 6.07) is 9.17. The van der Waals surface area contributed by atoms with Crippen molar-refractivity contribution < 1.29 is 4.79 Å². The van der Waals surface area contributed by atoms with Gasteiger partial charge < -0.3 is 5.73 Å². The van der Waals surface area contributed by atoms with Crippen LogP contribution >= 0.6 is 0 Å². The monoisotopic (exact) mass is 186 g/mol.